The van der Waals surface area contributed by atoms with Gasteiger partial charge >= 0.3 is 6.18 Å². The number of hydrogen-bond donors (Lipinski definition) is 1. The summed E-state index contributed by atoms with van der Waals surface area (Å²) in [4.78, 5) is 31.3. The van der Waals surface area contributed by atoms with Gasteiger partial charge in [-0.15, -0.1) is 0 Å². The summed E-state index contributed by atoms with van der Waals surface area (Å²) in [7, 11) is 0. The molecule has 5 rings (SSSR count). The maximum Gasteiger partial charge on any atom is 0.433 e. The molecule has 1 saturated heterocycles. The van der Waals surface area contributed by atoms with Crippen LogP contribution in [0.5, 0.6) is 0 Å². The zero-order valence-corrected chi connectivity index (χ0v) is 22.5. The fourth-order valence-electron chi connectivity index (χ4n) is 4.63. The number of nitrogens with one attached hydrogen (secondary N) is 1. The van der Waals surface area contributed by atoms with E-state index in [9.17, 15) is 18.0 Å². The third kappa shape index (κ3) is 6.75. The Morgan fingerprint density at radius 2 is 1.68 bits per heavy atom. The van der Waals surface area contributed by atoms with Crippen LogP contribution in [-0.4, -0.2) is 43.8 Å². The summed E-state index contributed by atoms with van der Waals surface area (Å²) in [5.41, 5.74) is 1.71. The van der Waals surface area contributed by atoms with Crippen LogP contribution in [0.25, 0.3) is 11.4 Å². The van der Waals surface area contributed by atoms with E-state index < -0.39 is 17.8 Å². The average Bonchev–Trinajstić information content (AvgIpc) is 2.94. The quantitative estimate of drug-likeness (QED) is 0.248. The summed E-state index contributed by atoms with van der Waals surface area (Å²) in [6, 6.07) is 12.9. The topological polar surface area (TPSA) is 83.9 Å². The van der Waals surface area contributed by atoms with Crippen molar-refractivity contribution in [3.05, 3.63) is 99.8 Å². The number of amides is 1. The number of benzene rings is 1. The Balaban J connectivity index is 1.27. The smallest absolute Gasteiger partial charge is 0.320 e. The highest BCUT2D eigenvalue weighted by Crippen LogP contribution is 2.36. The third-order valence-corrected chi connectivity index (χ3v) is 7.07. The number of likely N-dealkylation sites (tertiary alicyclic amines) is 1. The summed E-state index contributed by atoms with van der Waals surface area (Å²) >= 11 is 11.7. The minimum absolute atomic E-state index is 0.138. The first-order chi connectivity index (χ1) is 19.2. The number of aromatic nitrogens is 4. The molecule has 1 fully saturated rings. The fraction of sp³-hybridized carbons (Fsp3) is 0.250. The Hall–Kier alpha value is -3.60. The van der Waals surface area contributed by atoms with E-state index in [-0.39, 0.29) is 28.0 Å². The molecule has 7 nitrogen and oxygen atoms in total. The molecule has 0 aliphatic carbocycles. The zero-order chi connectivity index (χ0) is 28.3. The van der Waals surface area contributed by atoms with Crippen LogP contribution in [-0.2, 0) is 12.7 Å². The molecule has 206 valence electrons. The average molecular weight is 587 g/mol. The minimum Gasteiger partial charge on any atom is -0.320 e. The molecule has 1 aromatic carbocycles. The van der Waals surface area contributed by atoms with Crippen LogP contribution in [0.2, 0.25) is 10.2 Å². The number of alkyl halides is 3. The number of halogens is 5. The SMILES string of the molecule is O=C(Nc1ccc(C(F)(F)F)nc1C1CCN(Cc2ccc(-c3ncc(Cl)cn3)cc2)CC1)c1ccnc(Cl)c1. The van der Waals surface area contributed by atoms with Crippen LogP contribution < -0.4 is 5.32 Å². The second kappa shape index (κ2) is 11.9. The normalized spacial score (nSPS) is 14.7. The van der Waals surface area contributed by atoms with E-state index in [1.165, 1.54) is 24.4 Å². The molecule has 0 unspecified atom stereocenters. The van der Waals surface area contributed by atoms with Gasteiger partial charge in [0.1, 0.15) is 10.8 Å². The van der Waals surface area contributed by atoms with Crippen molar-refractivity contribution >= 4 is 34.8 Å². The lowest BCUT2D eigenvalue weighted by atomic mass is 9.91. The summed E-state index contributed by atoms with van der Waals surface area (Å²) in [6.45, 7) is 2.02. The first-order valence-electron chi connectivity index (χ1n) is 12.5. The van der Waals surface area contributed by atoms with Crippen molar-refractivity contribution in [1.29, 1.82) is 0 Å². The van der Waals surface area contributed by atoms with E-state index >= 15 is 0 Å². The summed E-state index contributed by atoms with van der Waals surface area (Å²) in [5, 5.41) is 3.32. The van der Waals surface area contributed by atoms with Gasteiger partial charge in [-0.2, -0.15) is 13.2 Å². The van der Waals surface area contributed by atoms with Gasteiger partial charge in [-0.3, -0.25) is 9.69 Å². The predicted molar refractivity (Wildman–Crippen MR) is 146 cm³/mol. The van der Waals surface area contributed by atoms with E-state index in [0.29, 0.717) is 43.3 Å². The van der Waals surface area contributed by atoms with Gasteiger partial charge in [0.2, 0.25) is 0 Å². The lowest BCUT2D eigenvalue weighted by molar-refractivity contribution is -0.141. The maximum atomic E-state index is 13.5. The molecule has 1 N–H and O–H groups in total. The molecule has 1 aliphatic rings. The van der Waals surface area contributed by atoms with Crippen molar-refractivity contribution in [1.82, 2.24) is 24.8 Å². The predicted octanol–water partition coefficient (Wildman–Crippen LogP) is 6.89. The van der Waals surface area contributed by atoms with Gasteiger partial charge in [0.05, 0.1) is 16.4 Å². The third-order valence-electron chi connectivity index (χ3n) is 6.67. The van der Waals surface area contributed by atoms with E-state index in [2.05, 4.69) is 30.2 Å². The number of pyridine rings is 2. The lowest BCUT2D eigenvalue weighted by Gasteiger charge is -2.32. The summed E-state index contributed by atoms with van der Waals surface area (Å²) in [6.07, 6.45) is 1.07. The number of carbonyl (C=O) groups is 1. The molecular weight excluding hydrogens is 564 g/mol. The molecule has 1 aliphatic heterocycles. The number of carbonyl (C=O) groups excluding carboxylic acids is 1. The lowest BCUT2D eigenvalue weighted by Crippen LogP contribution is -2.33. The second-order valence-corrected chi connectivity index (χ2v) is 10.2. The molecular formula is C28H23Cl2F3N6O. The molecule has 0 atom stereocenters. The van der Waals surface area contributed by atoms with Crippen molar-refractivity contribution < 1.29 is 18.0 Å². The molecule has 0 radical (unpaired) electrons. The molecule has 0 saturated carbocycles. The Morgan fingerprint density at radius 3 is 2.33 bits per heavy atom. The first-order valence-corrected chi connectivity index (χ1v) is 13.2. The highest BCUT2D eigenvalue weighted by atomic mass is 35.5. The largest absolute Gasteiger partial charge is 0.433 e. The van der Waals surface area contributed by atoms with Crippen LogP contribution in [0.1, 0.15) is 46.1 Å². The van der Waals surface area contributed by atoms with Crippen molar-refractivity contribution in [2.75, 3.05) is 18.4 Å². The van der Waals surface area contributed by atoms with Gasteiger partial charge in [-0.25, -0.2) is 19.9 Å². The molecule has 1 amide bonds. The van der Waals surface area contributed by atoms with Gasteiger partial charge in [0.25, 0.3) is 5.91 Å². The number of nitrogens with zero attached hydrogens (tertiary/aromatic N) is 5. The van der Waals surface area contributed by atoms with Crippen molar-refractivity contribution in [3.63, 3.8) is 0 Å². The number of piperidine rings is 1. The van der Waals surface area contributed by atoms with Gasteiger partial charge in [-0.1, -0.05) is 47.5 Å². The number of hydrogen-bond acceptors (Lipinski definition) is 6. The van der Waals surface area contributed by atoms with Crippen molar-refractivity contribution in [3.8, 4) is 11.4 Å². The van der Waals surface area contributed by atoms with E-state index in [1.807, 2.05) is 24.3 Å². The maximum absolute atomic E-state index is 13.5. The molecule has 4 heterocycles. The molecule has 4 aromatic rings. The molecule has 0 spiro atoms. The number of rotatable bonds is 6. The van der Waals surface area contributed by atoms with Gasteiger partial charge in [0.15, 0.2) is 5.82 Å². The monoisotopic (exact) mass is 586 g/mol. The Kier molecular flexibility index (Phi) is 8.30. The van der Waals surface area contributed by atoms with E-state index in [1.54, 1.807) is 12.4 Å². The first kappa shape index (κ1) is 27.9. The van der Waals surface area contributed by atoms with E-state index in [4.69, 9.17) is 23.2 Å². The van der Waals surface area contributed by atoms with Crippen LogP contribution in [0.4, 0.5) is 18.9 Å². The number of anilines is 1. The molecule has 40 heavy (non-hydrogen) atoms. The van der Waals surface area contributed by atoms with Crippen molar-refractivity contribution in [2.45, 2.75) is 31.5 Å². The molecule has 0 bridgehead atoms. The van der Waals surface area contributed by atoms with Crippen LogP contribution in [0, 0.1) is 0 Å². The highest BCUT2D eigenvalue weighted by Gasteiger charge is 2.34. The van der Waals surface area contributed by atoms with Gasteiger partial charge in [0, 0.05) is 42.2 Å². The summed E-state index contributed by atoms with van der Waals surface area (Å²) in [5.74, 6) is -0.170. The van der Waals surface area contributed by atoms with Crippen molar-refractivity contribution in [2.24, 2.45) is 0 Å². The Bertz CT molecular complexity index is 1490. The highest BCUT2D eigenvalue weighted by molar-refractivity contribution is 6.30. The molecule has 3 aromatic heterocycles. The second-order valence-electron chi connectivity index (χ2n) is 9.42. The Labute approximate surface area is 238 Å². The van der Waals surface area contributed by atoms with Crippen LogP contribution in [0.3, 0.4) is 0 Å². The van der Waals surface area contributed by atoms with Crippen LogP contribution in [0.15, 0.2) is 67.1 Å². The fourth-order valence-corrected chi connectivity index (χ4v) is 4.90. The zero-order valence-electron chi connectivity index (χ0n) is 21.0. The molecule has 12 heteroatoms. The standard InChI is InChI=1S/C28H23Cl2F3N6O/c29-21-14-35-26(36-15-21)19-3-1-17(2-4-19)16-39-11-8-18(9-12-39)25-22(5-6-23(38-25)28(31,32)33)37-27(40)20-7-10-34-24(30)13-20/h1-7,10,13-15,18H,8-9,11-12,16H2,(H,37,40). The van der Waals surface area contributed by atoms with Gasteiger partial charge in [-0.05, 0) is 55.8 Å². The van der Waals surface area contributed by atoms with E-state index in [0.717, 1.165) is 17.2 Å². The minimum atomic E-state index is -4.60. The summed E-state index contributed by atoms with van der Waals surface area (Å²) < 4.78 is 40.5. The Morgan fingerprint density at radius 1 is 0.975 bits per heavy atom. The van der Waals surface area contributed by atoms with Gasteiger partial charge < -0.3 is 5.32 Å². The van der Waals surface area contributed by atoms with Crippen LogP contribution >= 0.6 is 23.2 Å².